The molecule has 2 aromatic carbocycles. The number of carbonyl (C=O) groups excluding carboxylic acids is 4. The zero-order valence-corrected chi connectivity index (χ0v) is 32.5. The molecule has 0 aliphatic rings. The summed E-state index contributed by atoms with van der Waals surface area (Å²) in [6, 6.07) is 7.62. The van der Waals surface area contributed by atoms with Crippen LogP contribution in [-0.2, 0) is 53.7 Å². The number of phenolic OH excluding ortho intramolecular Hbond substituents is 2. The molecule has 50 heavy (non-hydrogen) atoms. The quantitative estimate of drug-likeness (QED) is 0.0856. The summed E-state index contributed by atoms with van der Waals surface area (Å²) in [7, 11) is 0. The van der Waals surface area contributed by atoms with Gasteiger partial charge in [0, 0.05) is 25.7 Å². The van der Waals surface area contributed by atoms with E-state index in [9.17, 15) is 29.4 Å². The highest BCUT2D eigenvalue weighted by Gasteiger charge is 2.29. The van der Waals surface area contributed by atoms with Gasteiger partial charge in [-0.3, -0.25) is 19.2 Å². The Bertz CT molecular complexity index is 1380. The van der Waals surface area contributed by atoms with E-state index in [1.54, 1.807) is 0 Å². The number of aryl methyl sites for hydroxylation is 2. The van der Waals surface area contributed by atoms with Crippen molar-refractivity contribution in [2.75, 3.05) is 0 Å². The first kappa shape index (κ1) is 42.4. The summed E-state index contributed by atoms with van der Waals surface area (Å²) in [5.41, 5.74) is 3.68. The lowest BCUT2D eigenvalue weighted by Crippen LogP contribution is -2.43. The molecule has 10 heteroatoms. The Morgan fingerprint density at radius 2 is 0.700 bits per heavy atom. The lowest BCUT2D eigenvalue weighted by atomic mass is 9.78. The van der Waals surface area contributed by atoms with E-state index < -0.39 is 23.6 Å². The second-order valence-electron chi connectivity index (χ2n) is 17.6. The number of nitrogens with two attached hydrogens (primary N) is 2. The van der Waals surface area contributed by atoms with Crippen LogP contribution in [0, 0.1) is 0 Å². The third-order valence-corrected chi connectivity index (χ3v) is 8.93. The van der Waals surface area contributed by atoms with Crippen LogP contribution in [0.15, 0.2) is 24.3 Å². The first-order valence-electron chi connectivity index (χ1n) is 17.6. The van der Waals surface area contributed by atoms with E-state index in [1.165, 1.54) is 0 Å². The fraction of sp³-hybridized carbons (Fsp3) is 0.600. The number of carbonyl (C=O) groups is 4. The molecular formula is C40H62N4O6. The number of aromatic hydroxyl groups is 2. The number of hydrazine groups is 2. The average molecular weight is 695 g/mol. The Balaban J connectivity index is 1.91. The van der Waals surface area contributed by atoms with Gasteiger partial charge in [0.2, 0.25) is 23.6 Å². The van der Waals surface area contributed by atoms with Crippen LogP contribution in [0.3, 0.4) is 0 Å². The Labute approximate surface area is 299 Å². The SMILES string of the molecule is CC(C)(C)c1cc(CCC(=O)N(N)C(=O)CCCCC(=O)N(N)C(=O)CCc2cc(C(C)(C)C)c(O)c(C(C)(C)C)c2)cc(C(C)(C)C)c1O. The topological polar surface area (TPSA) is 167 Å². The molecule has 0 aliphatic heterocycles. The zero-order valence-electron chi connectivity index (χ0n) is 32.5. The first-order valence-corrected chi connectivity index (χ1v) is 17.6. The van der Waals surface area contributed by atoms with Crippen molar-refractivity contribution in [2.45, 2.75) is 156 Å². The van der Waals surface area contributed by atoms with E-state index in [0.717, 1.165) is 33.4 Å². The molecule has 0 bridgehead atoms. The van der Waals surface area contributed by atoms with Crippen LogP contribution in [-0.4, -0.2) is 43.9 Å². The third kappa shape index (κ3) is 11.4. The maximum absolute atomic E-state index is 12.8. The van der Waals surface area contributed by atoms with E-state index >= 15 is 0 Å². The van der Waals surface area contributed by atoms with E-state index in [-0.39, 0.29) is 71.7 Å². The van der Waals surface area contributed by atoms with Crippen LogP contribution in [0.25, 0.3) is 0 Å². The van der Waals surface area contributed by atoms with Gasteiger partial charge in [0.15, 0.2) is 0 Å². The number of amides is 4. The fourth-order valence-electron chi connectivity index (χ4n) is 5.78. The predicted octanol–water partition coefficient (Wildman–Crippen LogP) is 6.87. The van der Waals surface area contributed by atoms with Crippen molar-refractivity contribution in [3.8, 4) is 11.5 Å². The Morgan fingerprint density at radius 1 is 0.480 bits per heavy atom. The molecule has 6 N–H and O–H groups in total. The monoisotopic (exact) mass is 694 g/mol. The van der Waals surface area contributed by atoms with Gasteiger partial charge in [-0.05, 0) is 80.7 Å². The highest BCUT2D eigenvalue weighted by Crippen LogP contribution is 2.41. The molecule has 4 amide bonds. The molecule has 10 nitrogen and oxygen atoms in total. The summed E-state index contributed by atoms with van der Waals surface area (Å²) >= 11 is 0. The number of imide groups is 2. The highest BCUT2D eigenvalue weighted by molar-refractivity contribution is 5.95. The van der Waals surface area contributed by atoms with Gasteiger partial charge in [-0.2, -0.15) is 0 Å². The molecule has 0 heterocycles. The number of benzene rings is 2. The number of hydrogen-bond acceptors (Lipinski definition) is 8. The van der Waals surface area contributed by atoms with Crippen molar-refractivity contribution >= 4 is 23.6 Å². The van der Waals surface area contributed by atoms with E-state index in [2.05, 4.69) is 0 Å². The number of rotatable bonds is 11. The predicted molar refractivity (Wildman–Crippen MR) is 198 cm³/mol. The van der Waals surface area contributed by atoms with Crippen molar-refractivity contribution in [3.63, 3.8) is 0 Å². The van der Waals surface area contributed by atoms with Crippen LogP contribution in [0.1, 0.15) is 155 Å². The van der Waals surface area contributed by atoms with Gasteiger partial charge >= 0.3 is 0 Å². The zero-order chi connectivity index (χ0) is 38.6. The fourth-order valence-corrected chi connectivity index (χ4v) is 5.78. The summed E-state index contributed by atoms with van der Waals surface area (Å²) < 4.78 is 0. The average Bonchev–Trinajstić information content (AvgIpc) is 2.98. The summed E-state index contributed by atoms with van der Waals surface area (Å²) in [5.74, 6) is 10.1. The molecule has 2 rings (SSSR count). The van der Waals surface area contributed by atoms with Crippen LogP contribution in [0.2, 0.25) is 0 Å². The highest BCUT2D eigenvalue weighted by atomic mass is 16.3. The van der Waals surface area contributed by atoms with Gasteiger partial charge in [-0.1, -0.05) is 107 Å². The molecule has 0 unspecified atom stereocenters. The van der Waals surface area contributed by atoms with E-state index in [0.29, 0.717) is 22.9 Å². The van der Waals surface area contributed by atoms with Gasteiger partial charge in [-0.25, -0.2) is 21.7 Å². The molecule has 0 spiro atoms. The van der Waals surface area contributed by atoms with Crippen LogP contribution < -0.4 is 11.7 Å². The number of unbranched alkanes of at least 4 members (excludes halogenated alkanes) is 1. The van der Waals surface area contributed by atoms with Gasteiger partial charge in [0.25, 0.3) is 0 Å². The normalized spacial score (nSPS) is 12.5. The molecule has 2 aromatic rings. The van der Waals surface area contributed by atoms with E-state index in [1.807, 2.05) is 107 Å². The maximum Gasteiger partial charge on any atom is 0.243 e. The minimum absolute atomic E-state index is 0.0160. The molecule has 0 saturated heterocycles. The summed E-state index contributed by atoms with van der Waals surface area (Å²) in [6.07, 6.45) is 1.23. The maximum atomic E-state index is 12.8. The van der Waals surface area contributed by atoms with Crippen molar-refractivity contribution in [1.29, 1.82) is 0 Å². The largest absolute Gasteiger partial charge is 0.507 e. The molecule has 278 valence electrons. The van der Waals surface area contributed by atoms with Gasteiger partial charge < -0.3 is 10.2 Å². The van der Waals surface area contributed by atoms with Gasteiger partial charge in [0.05, 0.1) is 0 Å². The smallest absolute Gasteiger partial charge is 0.243 e. The Morgan fingerprint density at radius 3 is 0.920 bits per heavy atom. The van der Waals surface area contributed by atoms with Crippen LogP contribution in [0.4, 0.5) is 0 Å². The second kappa shape index (κ2) is 16.1. The molecule has 0 fully saturated rings. The Hall–Kier alpha value is -3.76. The molecule has 0 atom stereocenters. The minimum Gasteiger partial charge on any atom is -0.507 e. The lowest BCUT2D eigenvalue weighted by molar-refractivity contribution is -0.147. The van der Waals surface area contributed by atoms with Crippen LogP contribution >= 0.6 is 0 Å². The van der Waals surface area contributed by atoms with Crippen LogP contribution in [0.5, 0.6) is 11.5 Å². The molecule has 0 saturated carbocycles. The molecular weight excluding hydrogens is 632 g/mol. The van der Waals surface area contributed by atoms with Gasteiger partial charge in [-0.15, -0.1) is 0 Å². The van der Waals surface area contributed by atoms with Gasteiger partial charge in [0.1, 0.15) is 11.5 Å². The third-order valence-electron chi connectivity index (χ3n) is 8.93. The van der Waals surface area contributed by atoms with E-state index in [4.69, 9.17) is 11.7 Å². The number of nitrogens with zero attached hydrogens (tertiary/aromatic N) is 2. The second-order valence-corrected chi connectivity index (χ2v) is 17.6. The first-order chi connectivity index (χ1) is 22.7. The summed E-state index contributed by atoms with van der Waals surface area (Å²) in [6.45, 7) is 24.2. The summed E-state index contributed by atoms with van der Waals surface area (Å²) in [4.78, 5) is 51.0. The van der Waals surface area contributed by atoms with Crippen molar-refractivity contribution in [3.05, 3.63) is 57.6 Å². The molecule has 0 aromatic heterocycles. The standard InChI is InChI=1S/C40H62N4O6/c1-37(2,3)27-21-25(22-28(35(27)49)38(4,5)6)17-19-33(47)43(41)31(45)15-13-14-16-32(46)44(42)34(48)20-18-26-23-29(39(7,8)9)36(50)30(24-26)40(10,11)12/h21-24,49-50H,13-20,41-42H2,1-12H3. The Kier molecular flexibility index (Phi) is 13.6. The number of hydrogen-bond donors (Lipinski definition) is 4. The van der Waals surface area contributed by atoms with Crippen molar-refractivity contribution in [1.82, 2.24) is 10.0 Å². The summed E-state index contributed by atoms with van der Waals surface area (Å²) in [5, 5.41) is 23.2. The number of phenols is 2. The lowest BCUT2D eigenvalue weighted by Gasteiger charge is -2.28. The minimum atomic E-state index is -0.558. The molecule has 0 aliphatic carbocycles. The van der Waals surface area contributed by atoms with Crippen molar-refractivity contribution < 1.29 is 29.4 Å². The van der Waals surface area contributed by atoms with Crippen molar-refractivity contribution in [2.24, 2.45) is 11.7 Å². The molecule has 0 radical (unpaired) electrons.